The fraction of sp³-hybridized carbons (Fsp3) is 0.348. The van der Waals surface area contributed by atoms with Gasteiger partial charge in [-0.2, -0.15) is 0 Å². The lowest BCUT2D eigenvalue weighted by Crippen LogP contribution is -2.38. The van der Waals surface area contributed by atoms with Crippen molar-refractivity contribution in [1.29, 1.82) is 0 Å². The minimum atomic E-state index is -0.511. The van der Waals surface area contributed by atoms with Gasteiger partial charge >= 0.3 is 0 Å². The second-order valence-electron chi connectivity index (χ2n) is 8.43. The highest BCUT2D eigenvalue weighted by atomic mass is 16.5. The molecule has 1 spiro atoms. The molecule has 2 aliphatic rings. The quantitative estimate of drug-likeness (QED) is 0.519. The standard InChI is InChI=1S/C23H24N4O3/c1-26-19-5-3-2-4-18(19)24-20(26)14-27-11-10-23(22(27)29)9-8-15-12-16(21(28)25-30)6-7-17(15)13-23/h2-7,12,30H,8-11,13-14H2,1H3,(H,25,28)/t23-/m0/s1. The number of rotatable bonds is 3. The first-order chi connectivity index (χ1) is 14.5. The fourth-order valence-electron chi connectivity index (χ4n) is 5.01. The van der Waals surface area contributed by atoms with Crippen molar-refractivity contribution in [1.82, 2.24) is 19.9 Å². The summed E-state index contributed by atoms with van der Waals surface area (Å²) < 4.78 is 2.07. The first-order valence-corrected chi connectivity index (χ1v) is 10.3. The molecule has 1 atom stereocenters. The lowest BCUT2D eigenvalue weighted by molar-refractivity contribution is -0.137. The molecular formula is C23H24N4O3. The van der Waals surface area contributed by atoms with Crippen molar-refractivity contribution in [2.45, 2.75) is 32.2 Å². The average molecular weight is 404 g/mol. The maximum Gasteiger partial charge on any atom is 0.274 e. The third kappa shape index (κ3) is 2.89. The van der Waals surface area contributed by atoms with Gasteiger partial charge in [-0.15, -0.1) is 0 Å². The van der Waals surface area contributed by atoms with Crippen molar-refractivity contribution in [2.24, 2.45) is 12.5 Å². The predicted octanol–water partition coefficient (Wildman–Crippen LogP) is 2.60. The SMILES string of the molecule is Cn1c(CN2CC[C@]3(CCc4cc(C(=O)NO)ccc4C3)C2=O)nc2ccccc21. The Morgan fingerprint density at radius 3 is 2.83 bits per heavy atom. The molecule has 154 valence electrons. The molecule has 1 saturated heterocycles. The summed E-state index contributed by atoms with van der Waals surface area (Å²) >= 11 is 0. The Kier molecular flexibility index (Phi) is 4.36. The molecule has 2 aromatic carbocycles. The van der Waals surface area contributed by atoms with Crippen LogP contribution < -0.4 is 5.48 Å². The van der Waals surface area contributed by atoms with Crippen LogP contribution >= 0.6 is 0 Å². The number of hydrogen-bond donors (Lipinski definition) is 2. The molecule has 2 N–H and O–H groups in total. The van der Waals surface area contributed by atoms with E-state index in [0.717, 1.165) is 53.8 Å². The van der Waals surface area contributed by atoms with Gasteiger partial charge in [0.25, 0.3) is 5.91 Å². The van der Waals surface area contributed by atoms with Gasteiger partial charge in [0.2, 0.25) is 5.91 Å². The average Bonchev–Trinajstić information content (AvgIpc) is 3.25. The first-order valence-electron chi connectivity index (χ1n) is 10.3. The van der Waals surface area contributed by atoms with Crippen molar-refractivity contribution < 1.29 is 14.8 Å². The number of hydroxylamine groups is 1. The largest absolute Gasteiger partial charge is 0.335 e. The molecule has 1 aliphatic heterocycles. The predicted molar refractivity (Wildman–Crippen MR) is 111 cm³/mol. The third-order valence-corrected chi connectivity index (χ3v) is 6.78. The van der Waals surface area contributed by atoms with Crippen LogP contribution in [0.5, 0.6) is 0 Å². The lowest BCUT2D eigenvalue weighted by Gasteiger charge is -2.33. The Bertz CT molecular complexity index is 1170. The summed E-state index contributed by atoms with van der Waals surface area (Å²) in [7, 11) is 2.00. The molecule has 1 fully saturated rings. The summed E-state index contributed by atoms with van der Waals surface area (Å²) in [5.41, 5.74) is 5.98. The van der Waals surface area contributed by atoms with Gasteiger partial charge in [0, 0.05) is 19.2 Å². The second kappa shape index (κ2) is 6.95. The molecule has 3 aromatic rings. The van der Waals surface area contributed by atoms with Gasteiger partial charge in [-0.1, -0.05) is 18.2 Å². The maximum atomic E-state index is 13.4. The number of carbonyl (C=O) groups excluding carboxylic acids is 2. The number of likely N-dealkylation sites (tertiary alicyclic amines) is 1. The zero-order valence-corrected chi connectivity index (χ0v) is 16.9. The van der Waals surface area contributed by atoms with Crippen LogP contribution in [-0.4, -0.2) is 38.0 Å². The number of fused-ring (bicyclic) bond motifs is 2. The number of para-hydroxylation sites is 2. The molecule has 7 nitrogen and oxygen atoms in total. The van der Waals surface area contributed by atoms with Crippen molar-refractivity contribution in [3.8, 4) is 0 Å². The van der Waals surface area contributed by atoms with E-state index in [2.05, 4.69) is 4.57 Å². The molecule has 0 radical (unpaired) electrons. The molecule has 2 heterocycles. The Hall–Kier alpha value is -3.19. The Morgan fingerprint density at radius 1 is 1.20 bits per heavy atom. The second-order valence-corrected chi connectivity index (χ2v) is 8.43. The van der Waals surface area contributed by atoms with Crippen LogP contribution in [0.4, 0.5) is 0 Å². The van der Waals surface area contributed by atoms with Gasteiger partial charge in [0.1, 0.15) is 5.82 Å². The minimum Gasteiger partial charge on any atom is -0.335 e. The fourth-order valence-corrected chi connectivity index (χ4v) is 5.01. The molecule has 7 heteroatoms. The molecule has 2 amide bonds. The van der Waals surface area contributed by atoms with Crippen molar-refractivity contribution in [2.75, 3.05) is 6.54 Å². The molecule has 0 bridgehead atoms. The van der Waals surface area contributed by atoms with E-state index in [1.807, 2.05) is 48.3 Å². The topological polar surface area (TPSA) is 87.5 Å². The summed E-state index contributed by atoms with van der Waals surface area (Å²) in [6.45, 7) is 1.26. The van der Waals surface area contributed by atoms with Crippen LogP contribution in [0.1, 0.15) is 40.2 Å². The summed E-state index contributed by atoms with van der Waals surface area (Å²) in [4.78, 5) is 31.8. The highest BCUT2D eigenvalue weighted by Gasteiger charge is 2.48. The molecular weight excluding hydrogens is 380 g/mol. The van der Waals surface area contributed by atoms with Gasteiger partial charge in [-0.05, 0) is 61.1 Å². The van der Waals surface area contributed by atoms with Crippen LogP contribution in [-0.2, 0) is 31.2 Å². The summed E-state index contributed by atoms with van der Waals surface area (Å²) in [6, 6.07) is 13.5. The van der Waals surface area contributed by atoms with E-state index < -0.39 is 5.91 Å². The number of hydrogen-bond acceptors (Lipinski definition) is 4. The highest BCUT2D eigenvalue weighted by Crippen LogP contribution is 2.44. The number of aryl methyl sites for hydroxylation is 2. The summed E-state index contributed by atoms with van der Waals surface area (Å²) in [5.74, 6) is 0.596. The van der Waals surface area contributed by atoms with E-state index in [0.29, 0.717) is 18.5 Å². The van der Waals surface area contributed by atoms with Crippen LogP contribution in [0.25, 0.3) is 11.0 Å². The van der Waals surface area contributed by atoms with E-state index in [-0.39, 0.29) is 11.3 Å². The minimum absolute atomic E-state index is 0.206. The van der Waals surface area contributed by atoms with Crippen molar-refractivity contribution in [3.63, 3.8) is 0 Å². The number of nitrogens with zero attached hydrogens (tertiary/aromatic N) is 3. The Morgan fingerprint density at radius 2 is 2.03 bits per heavy atom. The van der Waals surface area contributed by atoms with Gasteiger partial charge in [-0.3, -0.25) is 14.8 Å². The van der Waals surface area contributed by atoms with Crippen LogP contribution in [0.15, 0.2) is 42.5 Å². The molecule has 0 unspecified atom stereocenters. The van der Waals surface area contributed by atoms with E-state index in [1.165, 1.54) is 0 Å². The smallest absolute Gasteiger partial charge is 0.274 e. The van der Waals surface area contributed by atoms with E-state index in [1.54, 1.807) is 11.5 Å². The normalized spacial score (nSPS) is 20.7. The Labute approximate surface area is 174 Å². The van der Waals surface area contributed by atoms with Gasteiger partial charge in [-0.25, -0.2) is 10.5 Å². The van der Waals surface area contributed by atoms with Crippen molar-refractivity contribution >= 4 is 22.8 Å². The number of amides is 2. The number of aromatic nitrogens is 2. The zero-order valence-electron chi connectivity index (χ0n) is 16.9. The lowest BCUT2D eigenvalue weighted by atomic mass is 9.70. The van der Waals surface area contributed by atoms with Gasteiger partial charge in [0.15, 0.2) is 0 Å². The van der Waals surface area contributed by atoms with Gasteiger partial charge < -0.3 is 9.47 Å². The highest BCUT2D eigenvalue weighted by molar-refractivity contribution is 5.93. The summed E-state index contributed by atoms with van der Waals surface area (Å²) in [5, 5.41) is 8.85. The third-order valence-electron chi connectivity index (χ3n) is 6.78. The van der Waals surface area contributed by atoms with E-state index >= 15 is 0 Å². The van der Waals surface area contributed by atoms with Crippen LogP contribution in [0.3, 0.4) is 0 Å². The molecule has 1 aliphatic carbocycles. The molecule has 30 heavy (non-hydrogen) atoms. The van der Waals surface area contributed by atoms with Crippen molar-refractivity contribution in [3.05, 3.63) is 65.0 Å². The number of imidazole rings is 1. The monoisotopic (exact) mass is 404 g/mol. The first kappa shape index (κ1) is 18.8. The number of nitrogens with one attached hydrogen (secondary N) is 1. The van der Waals surface area contributed by atoms with Crippen LogP contribution in [0.2, 0.25) is 0 Å². The molecule has 0 saturated carbocycles. The molecule has 1 aromatic heterocycles. The van der Waals surface area contributed by atoms with E-state index in [9.17, 15) is 9.59 Å². The van der Waals surface area contributed by atoms with Gasteiger partial charge in [0.05, 0.1) is 23.0 Å². The summed E-state index contributed by atoms with van der Waals surface area (Å²) in [6.07, 6.45) is 3.07. The maximum absolute atomic E-state index is 13.4. The number of carbonyl (C=O) groups is 2. The number of benzene rings is 2. The van der Waals surface area contributed by atoms with Crippen LogP contribution in [0, 0.1) is 5.41 Å². The molecule has 5 rings (SSSR count). The zero-order chi connectivity index (χ0) is 20.9. The van der Waals surface area contributed by atoms with E-state index in [4.69, 9.17) is 10.2 Å². The Balaban J connectivity index is 1.37.